The van der Waals surface area contributed by atoms with Crippen LogP contribution in [0.1, 0.15) is 37.0 Å². The Labute approximate surface area is 127 Å². The van der Waals surface area contributed by atoms with Gasteiger partial charge in [-0.05, 0) is 19.9 Å². The molecule has 2 unspecified atom stereocenters. The van der Waals surface area contributed by atoms with Crippen LogP contribution in [0.3, 0.4) is 0 Å². The molecule has 1 saturated heterocycles. The lowest BCUT2D eigenvalue weighted by Gasteiger charge is -2.31. The number of hydrogen-bond donors (Lipinski definition) is 0. The fourth-order valence-electron chi connectivity index (χ4n) is 2.44. The predicted molar refractivity (Wildman–Crippen MR) is 76.6 cm³/mol. The Bertz CT molecular complexity index is 552. The first-order valence-electron chi connectivity index (χ1n) is 6.67. The van der Waals surface area contributed by atoms with Gasteiger partial charge in [-0.1, -0.05) is 11.6 Å². The van der Waals surface area contributed by atoms with Crippen molar-refractivity contribution in [2.75, 3.05) is 0 Å². The van der Waals surface area contributed by atoms with Gasteiger partial charge < -0.3 is 9.47 Å². The molecule has 0 bridgehead atoms. The van der Waals surface area contributed by atoms with Crippen LogP contribution in [0, 0.1) is 10.1 Å². The van der Waals surface area contributed by atoms with Crippen molar-refractivity contribution in [3.05, 3.63) is 38.9 Å². The van der Waals surface area contributed by atoms with Gasteiger partial charge in [0.05, 0.1) is 27.7 Å². The van der Waals surface area contributed by atoms with Gasteiger partial charge in [-0.25, -0.2) is 4.79 Å². The van der Waals surface area contributed by atoms with Crippen molar-refractivity contribution in [3.63, 3.8) is 0 Å². The van der Waals surface area contributed by atoms with Crippen molar-refractivity contribution >= 4 is 23.3 Å². The number of ether oxygens (including phenoxy) is 2. The second-order valence-corrected chi connectivity index (χ2v) is 5.58. The highest BCUT2D eigenvalue weighted by atomic mass is 35.5. The Morgan fingerprint density at radius 2 is 2.00 bits per heavy atom. The highest BCUT2D eigenvalue weighted by molar-refractivity contribution is 6.33. The fraction of sp³-hybridized carbons (Fsp3) is 0.500. The summed E-state index contributed by atoms with van der Waals surface area (Å²) >= 11 is 5.92. The fourth-order valence-corrected chi connectivity index (χ4v) is 2.63. The Morgan fingerprint density at radius 3 is 2.57 bits per heavy atom. The molecule has 0 N–H and O–H groups in total. The first-order valence-corrected chi connectivity index (χ1v) is 7.05. The molecule has 1 aromatic carbocycles. The Kier molecular flexibility index (Phi) is 4.80. The molecule has 1 heterocycles. The first kappa shape index (κ1) is 15.7. The zero-order valence-corrected chi connectivity index (χ0v) is 12.5. The van der Waals surface area contributed by atoms with Crippen LogP contribution in [0.2, 0.25) is 5.02 Å². The van der Waals surface area contributed by atoms with Gasteiger partial charge in [-0.3, -0.25) is 10.1 Å². The van der Waals surface area contributed by atoms with E-state index in [9.17, 15) is 14.9 Å². The van der Waals surface area contributed by atoms with Crippen LogP contribution >= 0.6 is 11.6 Å². The van der Waals surface area contributed by atoms with E-state index in [0.29, 0.717) is 12.8 Å². The van der Waals surface area contributed by atoms with Gasteiger partial charge in [0.15, 0.2) is 0 Å². The highest BCUT2D eigenvalue weighted by Crippen LogP contribution is 2.26. The number of rotatable bonds is 3. The van der Waals surface area contributed by atoms with Crippen molar-refractivity contribution < 1.29 is 19.2 Å². The third-order valence-corrected chi connectivity index (χ3v) is 3.64. The average molecular weight is 314 g/mol. The third kappa shape index (κ3) is 3.92. The largest absolute Gasteiger partial charge is 0.459 e. The van der Waals surface area contributed by atoms with Gasteiger partial charge in [0.25, 0.3) is 5.69 Å². The maximum Gasteiger partial charge on any atom is 0.340 e. The number of non-ortho nitro benzene ring substituents is 1. The van der Waals surface area contributed by atoms with Crippen LogP contribution in [0.5, 0.6) is 0 Å². The molecule has 0 aromatic heterocycles. The quantitative estimate of drug-likeness (QED) is 0.485. The van der Waals surface area contributed by atoms with Gasteiger partial charge >= 0.3 is 5.97 Å². The molecule has 0 saturated carbocycles. The van der Waals surface area contributed by atoms with Crippen molar-refractivity contribution in [2.45, 2.75) is 45.0 Å². The van der Waals surface area contributed by atoms with E-state index in [1.165, 1.54) is 12.1 Å². The molecule has 1 aromatic rings. The Hall–Kier alpha value is -1.66. The second-order valence-electron chi connectivity index (χ2n) is 5.18. The first-order chi connectivity index (χ1) is 9.86. The Morgan fingerprint density at radius 1 is 1.38 bits per heavy atom. The molecule has 1 fully saturated rings. The van der Waals surface area contributed by atoms with Gasteiger partial charge in [-0.2, -0.15) is 0 Å². The van der Waals surface area contributed by atoms with E-state index in [-0.39, 0.29) is 34.6 Å². The minimum Gasteiger partial charge on any atom is -0.459 e. The zero-order valence-electron chi connectivity index (χ0n) is 11.7. The molecule has 0 spiro atoms. The number of nitro groups is 1. The number of nitrogens with zero attached hydrogens (tertiary/aromatic N) is 1. The molecular formula is C14H16ClNO5. The van der Waals surface area contributed by atoms with Crippen LogP contribution in [0.4, 0.5) is 5.69 Å². The summed E-state index contributed by atoms with van der Waals surface area (Å²) in [6.45, 7) is 3.83. The summed E-state index contributed by atoms with van der Waals surface area (Å²) < 4.78 is 11.0. The van der Waals surface area contributed by atoms with Gasteiger partial charge in [0, 0.05) is 25.0 Å². The number of nitro benzene ring substituents is 1. The molecule has 0 aliphatic carbocycles. The molecule has 6 nitrogen and oxygen atoms in total. The van der Waals surface area contributed by atoms with Crippen LogP contribution in [0.15, 0.2) is 18.2 Å². The molecule has 2 rings (SSSR count). The van der Waals surface area contributed by atoms with E-state index < -0.39 is 10.9 Å². The monoisotopic (exact) mass is 313 g/mol. The normalized spacial score (nSPS) is 25.4. The molecular weight excluding hydrogens is 298 g/mol. The number of esters is 1. The van der Waals surface area contributed by atoms with Gasteiger partial charge in [0.2, 0.25) is 0 Å². The molecule has 21 heavy (non-hydrogen) atoms. The van der Waals surface area contributed by atoms with Crippen LogP contribution < -0.4 is 0 Å². The SMILES string of the molecule is CC1CC(OC(=O)c2cc([N+](=O)[O-])ccc2Cl)CC(C)O1. The van der Waals surface area contributed by atoms with E-state index in [1.807, 2.05) is 13.8 Å². The molecule has 1 aliphatic heterocycles. The lowest BCUT2D eigenvalue weighted by molar-refractivity contribution is -0.384. The predicted octanol–water partition coefficient (Wildman–Crippen LogP) is 3.36. The maximum absolute atomic E-state index is 12.2. The van der Waals surface area contributed by atoms with Crippen molar-refractivity contribution in [1.82, 2.24) is 0 Å². The summed E-state index contributed by atoms with van der Waals surface area (Å²) in [6, 6.07) is 3.71. The molecule has 7 heteroatoms. The average Bonchev–Trinajstić information content (AvgIpc) is 2.37. The minimum absolute atomic E-state index is 0.00660. The lowest BCUT2D eigenvalue weighted by atomic mass is 10.0. The standard InChI is InChI=1S/C14H16ClNO5/c1-8-5-11(6-9(2)20-8)21-14(17)12-7-10(16(18)19)3-4-13(12)15/h3-4,7-9,11H,5-6H2,1-2H3. The van der Waals surface area contributed by atoms with Crippen molar-refractivity contribution in [1.29, 1.82) is 0 Å². The highest BCUT2D eigenvalue weighted by Gasteiger charge is 2.28. The number of hydrogen-bond acceptors (Lipinski definition) is 5. The van der Waals surface area contributed by atoms with Gasteiger partial charge in [0.1, 0.15) is 6.10 Å². The van der Waals surface area contributed by atoms with E-state index in [0.717, 1.165) is 6.07 Å². The number of carbonyl (C=O) groups is 1. The zero-order chi connectivity index (χ0) is 15.6. The van der Waals surface area contributed by atoms with Crippen LogP contribution in [0.25, 0.3) is 0 Å². The Balaban J connectivity index is 2.13. The van der Waals surface area contributed by atoms with Crippen molar-refractivity contribution in [2.24, 2.45) is 0 Å². The summed E-state index contributed by atoms with van der Waals surface area (Å²) in [6.07, 6.45) is 0.941. The van der Waals surface area contributed by atoms with Gasteiger partial charge in [-0.15, -0.1) is 0 Å². The summed E-state index contributed by atoms with van der Waals surface area (Å²) in [4.78, 5) is 22.3. The number of carbonyl (C=O) groups excluding carboxylic acids is 1. The smallest absolute Gasteiger partial charge is 0.340 e. The third-order valence-electron chi connectivity index (χ3n) is 3.31. The summed E-state index contributed by atoms with van der Waals surface area (Å²) in [7, 11) is 0. The van der Waals surface area contributed by atoms with Crippen LogP contribution in [-0.4, -0.2) is 29.2 Å². The second kappa shape index (κ2) is 6.41. The van der Waals surface area contributed by atoms with Crippen LogP contribution in [-0.2, 0) is 9.47 Å². The molecule has 114 valence electrons. The molecule has 0 radical (unpaired) electrons. The minimum atomic E-state index is -0.644. The lowest BCUT2D eigenvalue weighted by Crippen LogP contribution is -2.35. The summed E-state index contributed by atoms with van der Waals surface area (Å²) in [5.74, 6) is -0.644. The van der Waals surface area contributed by atoms with E-state index in [4.69, 9.17) is 21.1 Å². The van der Waals surface area contributed by atoms with E-state index in [2.05, 4.69) is 0 Å². The van der Waals surface area contributed by atoms with Crippen molar-refractivity contribution in [3.8, 4) is 0 Å². The molecule has 0 amide bonds. The number of benzene rings is 1. The topological polar surface area (TPSA) is 78.7 Å². The summed E-state index contributed by atoms with van der Waals surface area (Å²) in [5.41, 5.74) is -0.183. The van der Waals surface area contributed by atoms with E-state index in [1.54, 1.807) is 0 Å². The number of halogens is 1. The summed E-state index contributed by atoms with van der Waals surface area (Å²) in [5, 5.41) is 10.9. The molecule has 2 atom stereocenters. The van der Waals surface area contributed by atoms with E-state index >= 15 is 0 Å². The molecule has 1 aliphatic rings. The maximum atomic E-state index is 12.2.